The van der Waals surface area contributed by atoms with Crippen molar-refractivity contribution in [2.24, 2.45) is 11.8 Å². The number of piperidine rings is 1. The van der Waals surface area contributed by atoms with Crippen molar-refractivity contribution < 1.29 is 5.11 Å². The number of rotatable bonds is 2. The van der Waals surface area contributed by atoms with Crippen molar-refractivity contribution in [1.29, 1.82) is 0 Å². The van der Waals surface area contributed by atoms with E-state index in [1.54, 1.807) is 0 Å². The summed E-state index contributed by atoms with van der Waals surface area (Å²) in [4.78, 5) is 2.62. The summed E-state index contributed by atoms with van der Waals surface area (Å²) >= 11 is 0. The topological polar surface area (TPSA) is 23.5 Å². The minimum atomic E-state index is -0.0809. The number of aliphatic hydroxyl groups excluding tert-OH is 1. The lowest BCUT2D eigenvalue weighted by molar-refractivity contribution is -0.0386. The molecule has 1 N–H and O–H groups in total. The van der Waals surface area contributed by atoms with Crippen molar-refractivity contribution >= 4 is 0 Å². The summed E-state index contributed by atoms with van der Waals surface area (Å²) in [7, 11) is 0. The number of likely N-dealkylation sites (tertiary alicyclic amines) is 1. The lowest BCUT2D eigenvalue weighted by Crippen LogP contribution is -2.52. The summed E-state index contributed by atoms with van der Waals surface area (Å²) in [6, 6.07) is 11.4. The van der Waals surface area contributed by atoms with Crippen molar-refractivity contribution in [3.05, 3.63) is 35.9 Å². The van der Waals surface area contributed by atoms with Crippen molar-refractivity contribution in [3.63, 3.8) is 0 Å². The van der Waals surface area contributed by atoms with Gasteiger partial charge in [0.25, 0.3) is 0 Å². The zero-order valence-electron chi connectivity index (χ0n) is 14.2. The first-order chi connectivity index (χ1) is 11.3. The Kier molecular flexibility index (Phi) is 4.73. The third-order valence-corrected chi connectivity index (χ3v) is 6.87. The van der Waals surface area contributed by atoms with E-state index in [4.69, 9.17) is 0 Å². The molecule has 23 heavy (non-hydrogen) atoms. The molecule has 1 heterocycles. The fourth-order valence-corrected chi connectivity index (χ4v) is 5.52. The minimum absolute atomic E-state index is 0.0809. The van der Waals surface area contributed by atoms with Gasteiger partial charge < -0.3 is 5.11 Å². The molecule has 0 bridgehead atoms. The highest BCUT2D eigenvalue weighted by molar-refractivity contribution is 5.20. The van der Waals surface area contributed by atoms with Crippen molar-refractivity contribution in [3.8, 4) is 0 Å². The van der Waals surface area contributed by atoms with E-state index in [1.165, 1.54) is 63.6 Å². The Labute approximate surface area is 140 Å². The summed E-state index contributed by atoms with van der Waals surface area (Å²) in [5, 5.41) is 10.7. The Morgan fingerprint density at radius 3 is 2.17 bits per heavy atom. The Hall–Kier alpha value is -0.860. The monoisotopic (exact) mass is 313 g/mol. The Bertz CT molecular complexity index is 494. The summed E-state index contributed by atoms with van der Waals surface area (Å²) in [5.74, 6) is 2.43. The molecule has 2 saturated carbocycles. The van der Waals surface area contributed by atoms with E-state index in [0.717, 1.165) is 24.2 Å². The molecule has 1 aliphatic heterocycles. The van der Waals surface area contributed by atoms with Crippen molar-refractivity contribution in [2.75, 3.05) is 13.1 Å². The van der Waals surface area contributed by atoms with Gasteiger partial charge >= 0.3 is 0 Å². The SMILES string of the molecule is OC1C[C@@H]2CCCCC2CC1N1CCC(c2ccccc2)CC1. The van der Waals surface area contributed by atoms with Crippen LogP contribution in [0.5, 0.6) is 0 Å². The second kappa shape index (κ2) is 6.94. The van der Waals surface area contributed by atoms with Crippen LogP contribution in [0.3, 0.4) is 0 Å². The maximum Gasteiger partial charge on any atom is 0.0698 e. The number of nitrogens with zero attached hydrogens (tertiary/aromatic N) is 1. The lowest BCUT2D eigenvalue weighted by Gasteiger charge is -2.47. The van der Waals surface area contributed by atoms with Gasteiger partial charge in [-0.15, -0.1) is 0 Å². The smallest absolute Gasteiger partial charge is 0.0698 e. The third kappa shape index (κ3) is 3.34. The quantitative estimate of drug-likeness (QED) is 0.884. The van der Waals surface area contributed by atoms with Gasteiger partial charge in [0.15, 0.2) is 0 Å². The van der Waals surface area contributed by atoms with Crippen LogP contribution in [0, 0.1) is 11.8 Å². The van der Waals surface area contributed by atoms with E-state index in [2.05, 4.69) is 35.2 Å². The van der Waals surface area contributed by atoms with Gasteiger partial charge in [-0.2, -0.15) is 0 Å². The van der Waals surface area contributed by atoms with Gasteiger partial charge in [0.2, 0.25) is 0 Å². The van der Waals surface area contributed by atoms with Gasteiger partial charge in [-0.3, -0.25) is 4.90 Å². The maximum absolute atomic E-state index is 10.7. The molecule has 0 spiro atoms. The number of hydrogen-bond donors (Lipinski definition) is 1. The second-order valence-corrected chi connectivity index (χ2v) is 8.13. The van der Waals surface area contributed by atoms with Crippen LogP contribution in [0.15, 0.2) is 30.3 Å². The normalized spacial score (nSPS) is 36.6. The van der Waals surface area contributed by atoms with Gasteiger partial charge in [0.05, 0.1) is 6.10 Å². The molecule has 3 unspecified atom stereocenters. The van der Waals surface area contributed by atoms with Gasteiger partial charge in [0, 0.05) is 6.04 Å². The van der Waals surface area contributed by atoms with Crippen LogP contribution in [-0.2, 0) is 0 Å². The number of benzene rings is 1. The van der Waals surface area contributed by atoms with Crippen LogP contribution in [-0.4, -0.2) is 35.2 Å². The Balaban J connectivity index is 1.36. The van der Waals surface area contributed by atoms with Crippen molar-refractivity contribution in [2.45, 2.75) is 69.4 Å². The molecule has 3 aliphatic rings. The molecular weight excluding hydrogens is 282 g/mol. The molecule has 2 nitrogen and oxygen atoms in total. The first-order valence-corrected chi connectivity index (χ1v) is 9.78. The van der Waals surface area contributed by atoms with Crippen LogP contribution in [0.4, 0.5) is 0 Å². The molecular formula is C21H31NO. The second-order valence-electron chi connectivity index (χ2n) is 8.13. The van der Waals surface area contributed by atoms with Crippen molar-refractivity contribution in [1.82, 2.24) is 4.90 Å². The standard InChI is InChI=1S/C21H31NO/c23-21-15-19-9-5-4-8-18(19)14-20(21)22-12-10-17(11-13-22)16-6-2-1-3-7-16/h1-3,6-7,17-21,23H,4-5,8-15H2/t18?,19-,20?,21?/m0/s1. The first-order valence-electron chi connectivity index (χ1n) is 9.78. The van der Waals surface area contributed by atoms with E-state index in [1.807, 2.05) is 0 Å². The molecule has 126 valence electrons. The molecule has 0 radical (unpaired) electrons. The van der Waals surface area contributed by atoms with Crippen LogP contribution in [0.1, 0.15) is 62.8 Å². The molecule has 1 saturated heterocycles. The molecule has 1 aromatic rings. The maximum atomic E-state index is 10.7. The van der Waals surface area contributed by atoms with E-state index in [-0.39, 0.29) is 6.10 Å². The molecule has 0 aromatic heterocycles. The highest BCUT2D eigenvalue weighted by Crippen LogP contribution is 2.42. The third-order valence-electron chi connectivity index (χ3n) is 6.87. The van der Waals surface area contributed by atoms with Crippen LogP contribution in [0.2, 0.25) is 0 Å². The Morgan fingerprint density at radius 1 is 0.826 bits per heavy atom. The van der Waals surface area contributed by atoms with Gasteiger partial charge in [-0.05, 0) is 62.1 Å². The molecule has 4 atom stereocenters. The van der Waals surface area contributed by atoms with E-state index >= 15 is 0 Å². The van der Waals surface area contributed by atoms with E-state index in [9.17, 15) is 5.11 Å². The minimum Gasteiger partial charge on any atom is -0.391 e. The summed E-state index contributed by atoms with van der Waals surface area (Å²) in [5.41, 5.74) is 1.50. The fraction of sp³-hybridized carbons (Fsp3) is 0.714. The van der Waals surface area contributed by atoms with Crippen LogP contribution >= 0.6 is 0 Å². The van der Waals surface area contributed by atoms with E-state index in [0.29, 0.717) is 6.04 Å². The molecule has 2 aliphatic carbocycles. The highest BCUT2D eigenvalue weighted by Gasteiger charge is 2.40. The number of hydrogen-bond acceptors (Lipinski definition) is 2. The Morgan fingerprint density at radius 2 is 1.48 bits per heavy atom. The largest absolute Gasteiger partial charge is 0.391 e. The lowest BCUT2D eigenvalue weighted by atomic mass is 9.68. The highest BCUT2D eigenvalue weighted by atomic mass is 16.3. The predicted molar refractivity (Wildman–Crippen MR) is 94.5 cm³/mol. The van der Waals surface area contributed by atoms with Gasteiger partial charge in [-0.25, -0.2) is 0 Å². The molecule has 0 amide bonds. The molecule has 2 heteroatoms. The zero-order chi connectivity index (χ0) is 15.6. The number of fused-ring (bicyclic) bond motifs is 1. The predicted octanol–water partition coefficient (Wildman–Crippen LogP) is 4.20. The summed E-state index contributed by atoms with van der Waals surface area (Å²) < 4.78 is 0. The van der Waals surface area contributed by atoms with Crippen LogP contribution in [0.25, 0.3) is 0 Å². The fourth-order valence-electron chi connectivity index (χ4n) is 5.52. The van der Waals surface area contributed by atoms with E-state index < -0.39 is 0 Å². The van der Waals surface area contributed by atoms with Gasteiger partial charge in [0.1, 0.15) is 0 Å². The molecule has 1 aromatic carbocycles. The van der Waals surface area contributed by atoms with Gasteiger partial charge in [-0.1, -0.05) is 56.0 Å². The molecule has 4 rings (SSSR count). The molecule has 3 fully saturated rings. The first kappa shape index (κ1) is 15.7. The number of aliphatic hydroxyl groups is 1. The summed E-state index contributed by atoms with van der Waals surface area (Å²) in [6.07, 6.45) is 10.3. The summed E-state index contributed by atoms with van der Waals surface area (Å²) in [6.45, 7) is 2.33. The average molecular weight is 313 g/mol. The zero-order valence-corrected chi connectivity index (χ0v) is 14.2. The van der Waals surface area contributed by atoms with Crippen LogP contribution < -0.4 is 0 Å². The average Bonchev–Trinajstić information content (AvgIpc) is 2.62.